The lowest BCUT2D eigenvalue weighted by Gasteiger charge is -2.39. The van der Waals surface area contributed by atoms with Gasteiger partial charge in [-0.1, -0.05) is 12.1 Å². The van der Waals surface area contributed by atoms with E-state index in [9.17, 15) is 9.59 Å². The van der Waals surface area contributed by atoms with Gasteiger partial charge in [0.2, 0.25) is 11.9 Å². The second kappa shape index (κ2) is 6.86. The number of carbonyl (C=O) groups excluding carboxylic acids is 2. The van der Waals surface area contributed by atoms with E-state index in [1.807, 2.05) is 29.2 Å². The quantitative estimate of drug-likeness (QED) is 0.719. The molecular weight excluding hydrogens is 344 g/mol. The molecule has 0 unspecified atom stereocenters. The van der Waals surface area contributed by atoms with Crippen molar-refractivity contribution in [2.45, 2.75) is 31.7 Å². The summed E-state index contributed by atoms with van der Waals surface area (Å²) in [5.74, 6) is 0.842. The highest BCUT2D eigenvalue weighted by Crippen LogP contribution is 2.29. The summed E-state index contributed by atoms with van der Waals surface area (Å²) in [6.07, 6.45) is 3.57. The van der Waals surface area contributed by atoms with E-state index >= 15 is 0 Å². The van der Waals surface area contributed by atoms with Gasteiger partial charge in [-0.15, -0.1) is 0 Å². The lowest BCUT2D eigenvalue weighted by molar-refractivity contribution is -0.133. The van der Waals surface area contributed by atoms with E-state index in [1.54, 1.807) is 6.92 Å². The van der Waals surface area contributed by atoms with E-state index < -0.39 is 5.91 Å². The largest absolute Gasteiger partial charge is 0.367 e. The summed E-state index contributed by atoms with van der Waals surface area (Å²) in [6, 6.07) is 8.37. The first-order valence-electron chi connectivity index (χ1n) is 9.05. The fourth-order valence-electron chi connectivity index (χ4n) is 3.07. The van der Waals surface area contributed by atoms with Gasteiger partial charge in [-0.2, -0.15) is 4.98 Å². The number of amides is 2. The van der Waals surface area contributed by atoms with Crippen LogP contribution < -0.4 is 16.4 Å². The molecule has 2 amide bonds. The van der Waals surface area contributed by atoms with E-state index in [2.05, 4.69) is 20.6 Å². The van der Waals surface area contributed by atoms with Crippen molar-refractivity contribution in [3.8, 4) is 0 Å². The van der Waals surface area contributed by atoms with Gasteiger partial charge in [0, 0.05) is 43.9 Å². The molecule has 27 heavy (non-hydrogen) atoms. The number of aromatic nitrogens is 2. The van der Waals surface area contributed by atoms with Crippen LogP contribution >= 0.6 is 0 Å². The van der Waals surface area contributed by atoms with Gasteiger partial charge < -0.3 is 21.3 Å². The number of hydrogen-bond acceptors (Lipinski definition) is 6. The van der Waals surface area contributed by atoms with Crippen LogP contribution in [-0.2, 0) is 4.79 Å². The number of nitrogens with one attached hydrogen (secondary N) is 2. The van der Waals surface area contributed by atoms with E-state index in [0.717, 1.165) is 31.6 Å². The summed E-state index contributed by atoms with van der Waals surface area (Å²) in [5.41, 5.74) is 7.76. The summed E-state index contributed by atoms with van der Waals surface area (Å²) in [4.78, 5) is 33.3. The van der Waals surface area contributed by atoms with Gasteiger partial charge in [-0.25, -0.2) is 4.98 Å². The van der Waals surface area contributed by atoms with Crippen molar-refractivity contribution in [1.29, 1.82) is 0 Å². The zero-order valence-electron chi connectivity index (χ0n) is 15.1. The number of nitrogens with zero attached hydrogens (tertiary/aromatic N) is 3. The lowest BCUT2D eigenvalue weighted by atomic mass is 9.91. The lowest BCUT2D eigenvalue weighted by Crippen LogP contribution is -2.47. The Morgan fingerprint density at radius 2 is 1.89 bits per heavy atom. The fraction of sp³-hybridized carbons (Fsp3) is 0.368. The van der Waals surface area contributed by atoms with Crippen molar-refractivity contribution in [2.24, 2.45) is 5.73 Å². The molecule has 0 bridgehead atoms. The molecule has 1 saturated carbocycles. The highest BCUT2D eigenvalue weighted by Gasteiger charge is 2.29. The van der Waals surface area contributed by atoms with Crippen molar-refractivity contribution in [2.75, 3.05) is 23.7 Å². The van der Waals surface area contributed by atoms with Crippen LogP contribution in [0.3, 0.4) is 0 Å². The zero-order chi connectivity index (χ0) is 19.0. The molecule has 0 spiro atoms. The molecule has 1 aromatic carbocycles. The van der Waals surface area contributed by atoms with Crippen LogP contribution in [0.4, 0.5) is 17.5 Å². The second-order valence-electron chi connectivity index (χ2n) is 7.11. The Morgan fingerprint density at radius 3 is 2.48 bits per heavy atom. The molecule has 8 heteroatoms. The standard InChI is InChI=1S/C19H22N6O2/c1-11(26)25-9-13(10-25)12-2-4-15(5-3-12)23-19-21-8-16(17(20)27)18(24-19)22-14-6-7-14/h2-5,8,13-14H,6-7,9-10H2,1H3,(H2,20,27)(H2,21,22,23,24). The van der Waals surface area contributed by atoms with Gasteiger partial charge >= 0.3 is 0 Å². The third-order valence-electron chi connectivity index (χ3n) is 4.94. The fourth-order valence-corrected chi connectivity index (χ4v) is 3.07. The summed E-state index contributed by atoms with van der Waals surface area (Å²) in [6.45, 7) is 3.14. The Labute approximate surface area is 157 Å². The molecule has 0 radical (unpaired) electrons. The molecule has 2 fully saturated rings. The van der Waals surface area contributed by atoms with Gasteiger partial charge in [0.15, 0.2) is 0 Å². The topological polar surface area (TPSA) is 113 Å². The predicted molar refractivity (Wildman–Crippen MR) is 102 cm³/mol. The molecule has 2 aromatic rings. The van der Waals surface area contributed by atoms with Crippen LogP contribution in [0, 0.1) is 0 Å². The third kappa shape index (κ3) is 3.84. The van der Waals surface area contributed by atoms with Crippen LogP contribution in [0.25, 0.3) is 0 Å². The normalized spacial score (nSPS) is 16.6. The van der Waals surface area contributed by atoms with Crippen molar-refractivity contribution in [3.05, 3.63) is 41.6 Å². The average Bonchev–Trinajstić information content (AvgIpc) is 3.39. The number of primary amides is 1. The molecule has 8 nitrogen and oxygen atoms in total. The maximum absolute atomic E-state index is 11.6. The van der Waals surface area contributed by atoms with E-state index in [1.165, 1.54) is 11.8 Å². The van der Waals surface area contributed by atoms with E-state index in [4.69, 9.17) is 5.73 Å². The first-order chi connectivity index (χ1) is 13.0. The monoisotopic (exact) mass is 366 g/mol. The maximum Gasteiger partial charge on any atom is 0.254 e. The number of benzene rings is 1. The highest BCUT2D eigenvalue weighted by atomic mass is 16.2. The Bertz CT molecular complexity index is 872. The number of likely N-dealkylation sites (tertiary alicyclic amines) is 1. The van der Waals surface area contributed by atoms with Crippen molar-refractivity contribution in [3.63, 3.8) is 0 Å². The number of anilines is 3. The third-order valence-corrected chi connectivity index (χ3v) is 4.94. The number of hydrogen-bond donors (Lipinski definition) is 3. The molecule has 1 aliphatic carbocycles. The molecule has 140 valence electrons. The molecule has 1 aromatic heterocycles. The first-order valence-corrected chi connectivity index (χ1v) is 9.05. The highest BCUT2D eigenvalue weighted by molar-refractivity contribution is 5.97. The Morgan fingerprint density at radius 1 is 1.19 bits per heavy atom. The second-order valence-corrected chi connectivity index (χ2v) is 7.11. The SMILES string of the molecule is CC(=O)N1CC(c2ccc(Nc3ncc(C(N)=O)c(NC4CC4)n3)cc2)C1. The molecule has 1 saturated heterocycles. The van der Waals surface area contributed by atoms with Crippen LogP contribution in [-0.4, -0.2) is 45.8 Å². The molecule has 0 atom stereocenters. The minimum Gasteiger partial charge on any atom is -0.367 e. The van der Waals surface area contributed by atoms with Gasteiger partial charge in [-0.05, 0) is 30.5 Å². The smallest absolute Gasteiger partial charge is 0.254 e. The number of carbonyl (C=O) groups is 2. The maximum atomic E-state index is 11.6. The first kappa shape index (κ1) is 17.3. The Balaban J connectivity index is 1.44. The van der Waals surface area contributed by atoms with Gasteiger partial charge in [-0.3, -0.25) is 9.59 Å². The molecule has 4 N–H and O–H groups in total. The summed E-state index contributed by atoms with van der Waals surface area (Å²) in [7, 11) is 0. The van der Waals surface area contributed by atoms with Crippen LogP contribution in [0.1, 0.15) is 41.6 Å². The summed E-state index contributed by atoms with van der Waals surface area (Å²) in [5, 5.41) is 6.37. The van der Waals surface area contributed by atoms with E-state index in [-0.39, 0.29) is 5.91 Å². The molecule has 1 aliphatic heterocycles. The van der Waals surface area contributed by atoms with Crippen LogP contribution in [0.5, 0.6) is 0 Å². The minimum absolute atomic E-state index is 0.122. The average molecular weight is 366 g/mol. The summed E-state index contributed by atoms with van der Waals surface area (Å²) < 4.78 is 0. The number of nitrogens with two attached hydrogens (primary N) is 1. The van der Waals surface area contributed by atoms with Gasteiger partial charge in [0.1, 0.15) is 5.82 Å². The minimum atomic E-state index is -0.547. The van der Waals surface area contributed by atoms with Gasteiger partial charge in [0.05, 0.1) is 5.56 Å². The Hall–Kier alpha value is -3.16. The van der Waals surface area contributed by atoms with Crippen molar-refractivity contribution in [1.82, 2.24) is 14.9 Å². The van der Waals surface area contributed by atoms with Crippen LogP contribution in [0.15, 0.2) is 30.5 Å². The van der Waals surface area contributed by atoms with Crippen LogP contribution in [0.2, 0.25) is 0 Å². The van der Waals surface area contributed by atoms with E-state index in [0.29, 0.717) is 29.3 Å². The molecule has 2 aliphatic rings. The molecular formula is C19H22N6O2. The molecule has 2 heterocycles. The Kier molecular flexibility index (Phi) is 4.39. The summed E-state index contributed by atoms with van der Waals surface area (Å²) >= 11 is 0. The molecule has 4 rings (SSSR count). The van der Waals surface area contributed by atoms with Crippen molar-refractivity contribution >= 4 is 29.3 Å². The zero-order valence-corrected chi connectivity index (χ0v) is 15.1. The predicted octanol–water partition coefficient (Wildman–Crippen LogP) is 1.84. The van der Waals surface area contributed by atoms with Crippen molar-refractivity contribution < 1.29 is 9.59 Å². The van der Waals surface area contributed by atoms with Gasteiger partial charge in [0.25, 0.3) is 5.91 Å². The number of rotatable bonds is 6.